The monoisotopic (exact) mass is 276 g/mol. The van der Waals surface area contributed by atoms with Gasteiger partial charge in [0.05, 0.1) is 11.6 Å². The number of hydrogen-bond donors (Lipinski definition) is 3. The average Bonchev–Trinajstić information content (AvgIpc) is 2.60. The van der Waals surface area contributed by atoms with E-state index in [2.05, 4.69) is 5.32 Å². The van der Waals surface area contributed by atoms with Crippen LogP contribution in [0, 0.1) is 19.8 Å². The highest BCUT2D eigenvalue weighted by molar-refractivity contribution is 5.94. The third-order valence-electron chi connectivity index (χ3n) is 4.11. The van der Waals surface area contributed by atoms with Crippen molar-refractivity contribution < 1.29 is 9.90 Å². The van der Waals surface area contributed by atoms with Crippen LogP contribution in [0.3, 0.4) is 0 Å². The van der Waals surface area contributed by atoms with E-state index in [-0.39, 0.29) is 23.6 Å². The summed E-state index contributed by atoms with van der Waals surface area (Å²) in [5, 5.41) is 12.9. The van der Waals surface area contributed by atoms with Crippen LogP contribution in [-0.4, -0.2) is 17.1 Å². The van der Waals surface area contributed by atoms with E-state index < -0.39 is 0 Å². The minimum Gasteiger partial charge on any atom is -0.505 e. The Labute approximate surface area is 120 Å². The maximum absolute atomic E-state index is 12.4. The molecule has 4 N–H and O–H groups in total. The molecular formula is C16H24N2O2. The summed E-state index contributed by atoms with van der Waals surface area (Å²) < 4.78 is 0. The fraction of sp³-hybridized carbons (Fsp3) is 0.562. The molecule has 4 nitrogen and oxygen atoms in total. The van der Waals surface area contributed by atoms with Crippen molar-refractivity contribution in [1.29, 1.82) is 0 Å². The summed E-state index contributed by atoms with van der Waals surface area (Å²) in [5.41, 5.74) is 8.38. The molecular weight excluding hydrogens is 252 g/mol. The highest BCUT2D eigenvalue weighted by Crippen LogP contribution is 2.30. The molecule has 1 aromatic rings. The lowest BCUT2D eigenvalue weighted by Gasteiger charge is -2.21. The SMILES string of the molecule is Cc1cc(C)c(O)c(NC(=O)C2CCCCCC2N)c1. The van der Waals surface area contributed by atoms with E-state index in [1.165, 1.54) is 0 Å². The number of aryl methyl sites for hydroxylation is 2. The Morgan fingerprint density at radius 1 is 1.25 bits per heavy atom. The van der Waals surface area contributed by atoms with Crippen molar-refractivity contribution >= 4 is 11.6 Å². The van der Waals surface area contributed by atoms with Gasteiger partial charge in [0.15, 0.2) is 0 Å². The Balaban J connectivity index is 2.14. The molecule has 1 saturated carbocycles. The van der Waals surface area contributed by atoms with Gasteiger partial charge in [-0.25, -0.2) is 0 Å². The van der Waals surface area contributed by atoms with E-state index in [9.17, 15) is 9.90 Å². The number of carbonyl (C=O) groups excluding carboxylic acids is 1. The van der Waals surface area contributed by atoms with Crippen molar-refractivity contribution in [2.75, 3.05) is 5.32 Å². The van der Waals surface area contributed by atoms with Crippen molar-refractivity contribution in [3.05, 3.63) is 23.3 Å². The third-order valence-corrected chi connectivity index (χ3v) is 4.11. The van der Waals surface area contributed by atoms with Gasteiger partial charge in [0.1, 0.15) is 5.75 Å². The molecule has 2 unspecified atom stereocenters. The molecule has 0 spiro atoms. The molecule has 0 heterocycles. The Morgan fingerprint density at radius 3 is 2.70 bits per heavy atom. The highest BCUT2D eigenvalue weighted by atomic mass is 16.3. The number of nitrogens with two attached hydrogens (primary N) is 1. The lowest BCUT2D eigenvalue weighted by atomic mass is 9.94. The van der Waals surface area contributed by atoms with Gasteiger partial charge in [-0.05, 0) is 43.9 Å². The van der Waals surface area contributed by atoms with Crippen molar-refractivity contribution in [3.63, 3.8) is 0 Å². The predicted octanol–water partition coefficient (Wildman–Crippen LogP) is 2.86. The quantitative estimate of drug-likeness (QED) is 0.574. The number of benzene rings is 1. The lowest BCUT2D eigenvalue weighted by molar-refractivity contribution is -0.120. The Bertz CT molecular complexity index is 499. The van der Waals surface area contributed by atoms with Gasteiger partial charge in [0, 0.05) is 6.04 Å². The van der Waals surface area contributed by atoms with Gasteiger partial charge in [0.2, 0.25) is 5.91 Å². The number of phenolic OH excluding ortho intramolecular Hbond substituents is 1. The van der Waals surface area contributed by atoms with Gasteiger partial charge in [-0.3, -0.25) is 4.79 Å². The van der Waals surface area contributed by atoms with Gasteiger partial charge in [-0.15, -0.1) is 0 Å². The van der Waals surface area contributed by atoms with Gasteiger partial charge in [-0.2, -0.15) is 0 Å². The van der Waals surface area contributed by atoms with E-state index in [1.54, 1.807) is 6.07 Å². The van der Waals surface area contributed by atoms with E-state index >= 15 is 0 Å². The summed E-state index contributed by atoms with van der Waals surface area (Å²) in [5.74, 6) is -0.0800. The molecule has 2 atom stereocenters. The first kappa shape index (κ1) is 14.9. The van der Waals surface area contributed by atoms with Crippen LogP contribution in [-0.2, 0) is 4.79 Å². The number of anilines is 1. The second-order valence-corrected chi connectivity index (χ2v) is 5.88. The molecule has 1 amide bonds. The van der Waals surface area contributed by atoms with Crippen molar-refractivity contribution in [3.8, 4) is 5.75 Å². The van der Waals surface area contributed by atoms with Crippen LogP contribution in [0.15, 0.2) is 12.1 Å². The largest absolute Gasteiger partial charge is 0.505 e. The molecule has 0 aliphatic heterocycles. The van der Waals surface area contributed by atoms with Crippen LogP contribution < -0.4 is 11.1 Å². The standard InChI is InChI=1S/C16H24N2O2/c1-10-8-11(2)15(19)14(9-10)18-16(20)12-6-4-3-5-7-13(12)17/h8-9,12-13,19H,3-7,17H2,1-2H3,(H,18,20). The molecule has 4 heteroatoms. The average molecular weight is 276 g/mol. The van der Waals surface area contributed by atoms with Gasteiger partial charge in [0.25, 0.3) is 0 Å². The molecule has 0 radical (unpaired) electrons. The summed E-state index contributed by atoms with van der Waals surface area (Å²) in [7, 11) is 0. The Hall–Kier alpha value is -1.55. The fourth-order valence-electron chi connectivity index (χ4n) is 2.94. The zero-order valence-electron chi connectivity index (χ0n) is 12.3. The molecule has 1 fully saturated rings. The zero-order valence-corrected chi connectivity index (χ0v) is 12.3. The van der Waals surface area contributed by atoms with Crippen LogP contribution in [0.25, 0.3) is 0 Å². The summed E-state index contributed by atoms with van der Waals surface area (Å²) in [6.07, 6.45) is 5.02. The normalized spacial score (nSPS) is 23.1. The van der Waals surface area contributed by atoms with Gasteiger partial charge in [-0.1, -0.05) is 25.3 Å². The number of nitrogens with one attached hydrogen (secondary N) is 1. The first-order valence-electron chi connectivity index (χ1n) is 7.35. The molecule has 1 aliphatic rings. The second-order valence-electron chi connectivity index (χ2n) is 5.88. The summed E-state index contributed by atoms with van der Waals surface area (Å²) in [6, 6.07) is 3.61. The van der Waals surface area contributed by atoms with Crippen LogP contribution >= 0.6 is 0 Å². The van der Waals surface area contributed by atoms with E-state index in [0.29, 0.717) is 5.69 Å². The minimum atomic E-state index is -0.155. The smallest absolute Gasteiger partial charge is 0.229 e. The van der Waals surface area contributed by atoms with Crippen molar-refractivity contribution in [2.24, 2.45) is 11.7 Å². The first-order chi connectivity index (χ1) is 9.49. The molecule has 1 aromatic carbocycles. The van der Waals surface area contributed by atoms with E-state index in [0.717, 1.165) is 43.2 Å². The van der Waals surface area contributed by atoms with Crippen LogP contribution in [0.1, 0.15) is 43.2 Å². The molecule has 1 aliphatic carbocycles. The van der Waals surface area contributed by atoms with Gasteiger partial charge >= 0.3 is 0 Å². The summed E-state index contributed by atoms with van der Waals surface area (Å²) in [4.78, 5) is 12.4. The fourth-order valence-corrected chi connectivity index (χ4v) is 2.94. The Kier molecular flexibility index (Phi) is 4.65. The second kappa shape index (κ2) is 6.27. The zero-order chi connectivity index (χ0) is 14.7. The molecule has 110 valence electrons. The predicted molar refractivity (Wildman–Crippen MR) is 80.8 cm³/mol. The van der Waals surface area contributed by atoms with Crippen LogP contribution in [0.2, 0.25) is 0 Å². The maximum Gasteiger partial charge on any atom is 0.229 e. The number of amides is 1. The van der Waals surface area contributed by atoms with E-state index in [1.807, 2.05) is 19.9 Å². The molecule has 0 saturated heterocycles. The topological polar surface area (TPSA) is 75.3 Å². The highest BCUT2D eigenvalue weighted by Gasteiger charge is 2.27. The van der Waals surface area contributed by atoms with Gasteiger partial charge < -0.3 is 16.2 Å². The maximum atomic E-state index is 12.4. The molecule has 20 heavy (non-hydrogen) atoms. The third kappa shape index (κ3) is 3.31. The van der Waals surface area contributed by atoms with Crippen molar-refractivity contribution in [1.82, 2.24) is 0 Å². The van der Waals surface area contributed by atoms with Crippen LogP contribution in [0.5, 0.6) is 5.75 Å². The number of carbonyl (C=O) groups is 1. The van der Waals surface area contributed by atoms with Crippen molar-refractivity contribution in [2.45, 2.75) is 52.0 Å². The number of rotatable bonds is 2. The molecule has 2 rings (SSSR count). The summed E-state index contributed by atoms with van der Waals surface area (Å²) >= 11 is 0. The Morgan fingerprint density at radius 2 is 1.95 bits per heavy atom. The number of aromatic hydroxyl groups is 1. The molecule has 0 bridgehead atoms. The van der Waals surface area contributed by atoms with E-state index in [4.69, 9.17) is 5.73 Å². The summed E-state index contributed by atoms with van der Waals surface area (Å²) in [6.45, 7) is 3.77. The first-order valence-corrected chi connectivity index (χ1v) is 7.35. The number of hydrogen-bond acceptors (Lipinski definition) is 3. The lowest BCUT2D eigenvalue weighted by Crippen LogP contribution is -2.37. The minimum absolute atomic E-state index is 0.0697. The number of phenols is 1. The van der Waals surface area contributed by atoms with Crippen LogP contribution in [0.4, 0.5) is 5.69 Å². The molecule has 0 aromatic heterocycles.